The number of aromatic nitrogens is 2. The zero-order valence-corrected chi connectivity index (χ0v) is 8.44. The minimum atomic E-state index is -1.29. The van der Waals surface area contributed by atoms with Crippen molar-refractivity contribution >= 4 is 5.97 Å². The summed E-state index contributed by atoms with van der Waals surface area (Å²) in [5, 5.41) is 9.50. The van der Waals surface area contributed by atoms with Gasteiger partial charge in [-0.2, -0.15) is 0 Å². The summed E-state index contributed by atoms with van der Waals surface area (Å²) in [7, 11) is 0. The van der Waals surface area contributed by atoms with E-state index in [-0.39, 0.29) is 0 Å². The summed E-state index contributed by atoms with van der Waals surface area (Å²) >= 11 is 0. The number of aliphatic hydroxyl groups is 1. The zero-order valence-electron chi connectivity index (χ0n) is 8.44. The number of ether oxygens (including phenoxy) is 1. The van der Waals surface area contributed by atoms with E-state index in [0.717, 1.165) is 0 Å². The van der Waals surface area contributed by atoms with Gasteiger partial charge in [-0.15, -0.1) is 0 Å². The lowest BCUT2D eigenvalue weighted by Crippen LogP contribution is -2.27. The molecule has 1 rings (SSSR count). The van der Waals surface area contributed by atoms with Gasteiger partial charge in [0.1, 0.15) is 5.60 Å². The van der Waals surface area contributed by atoms with Crippen molar-refractivity contribution in [2.75, 3.05) is 0 Å². The molecule has 1 unspecified atom stereocenters. The second-order valence-electron chi connectivity index (χ2n) is 3.94. The van der Waals surface area contributed by atoms with E-state index in [1.165, 1.54) is 12.5 Å². The van der Waals surface area contributed by atoms with E-state index in [4.69, 9.17) is 4.74 Å². The minimum absolute atomic E-state index is 0.333. The molecule has 0 fully saturated rings. The molecule has 1 heterocycles. The summed E-state index contributed by atoms with van der Waals surface area (Å²) in [6.07, 6.45) is 1.48. The van der Waals surface area contributed by atoms with Crippen molar-refractivity contribution in [3.05, 3.63) is 18.2 Å². The van der Waals surface area contributed by atoms with Gasteiger partial charge >= 0.3 is 5.97 Å². The highest BCUT2D eigenvalue weighted by molar-refractivity contribution is 5.75. The normalized spacial score (nSPS) is 13.7. The van der Waals surface area contributed by atoms with Crippen LogP contribution >= 0.6 is 0 Å². The molecule has 0 spiro atoms. The van der Waals surface area contributed by atoms with Crippen molar-refractivity contribution in [3.8, 4) is 0 Å². The van der Waals surface area contributed by atoms with Crippen LogP contribution in [-0.4, -0.2) is 26.6 Å². The fraction of sp³-hybridized carbons (Fsp3) is 0.556. The number of rotatable bonds is 2. The third kappa shape index (κ3) is 2.85. The molecule has 1 aromatic rings. The van der Waals surface area contributed by atoms with Crippen molar-refractivity contribution in [2.45, 2.75) is 32.5 Å². The average molecular weight is 198 g/mol. The Morgan fingerprint density at radius 1 is 1.64 bits per heavy atom. The van der Waals surface area contributed by atoms with Gasteiger partial charge in [-0.3, -0.25) is 0 Å². The second-order valence-corrected chi connectivity index (χ2v) is 3.94. The van der Waals surface area contributed by atoms with Crippen LogP contribution in [0.2, 0.25) is 0 Å². The van der Waals surface area contributed by atoms with Gasteiger partial charge in [0, 0.05) is 0 Å². The van der Waals surface area contributed by atoms with Crippen molar-refractivity contribution in [3.63, 3.8) is 0 Å². The van der Waals surface area contributed by atoms with E-state index in [9.17, 15) is 9.90 Å². The fourth-order valence-electron chi connectivity index (χ4n) is 0.901. The molecule has 0 saturated carbocycles. The molecule has 14 heavy (non-hydrogen) atoms. The van der Waals surface area contributed by atoms with Crippen LogP contribution in [0.15, 0.2) is 12.5 Å². The molecule has 0 bridgehead atoms. The largest absolute Gasteiger partial charge is 0.458 e. The number of carbonyl (C=O) groups is 1. The number of esters is 1. The Hall–Kier alpha value is -1.36. The number of carbonyl (C=O) groups excluding carboxylic acids is 1. The van der Waals surface area contributed by atoms with Crippen LogP contribution in [-0.2, 0) is 9.53 Å². The Labute approximate surface area is 82.1 Å². The van der Waals surface area contributed by atoms with Crippen LogP contribution < -0.4 is 0 Å². The van der Waals surface area contributed by atoms with E-state index in [0.29, 0.717) is 5.69 Å². The van der Waals surface area contributed by atoms with E-state index >= 15 is 0 Å². The molecule has 5 nitrogen and oxygen atoms in total. The van der Waals surface area contributed by atoms with Crippen molar-refractivity contribution < 1.29 is 14.6 Å². The van der Waals surface area contributed by atoms with Crippen LogP contribution in [0.5, 0.6) is 0 Å². The molecule has 0 aliphatic carbocycles. The summed E-state index contributed by atoms with van der Waals surface area (Å²) in [5.74, 6) is -0.679. The van der Waals surface area contributed by atoms with Gasteiger partial charge in [-0.05, 0) is 20.8 Å². The quantitative estimate of drug-likeness (QED) is 0.689. The van der Waals surface area contributed by atoms with E-state index in [1.54, 1.807) is 20.8 Å². The standard InChI is InChI=1S/C9H14N2O3/c1-9(2,3)14-8(13)7(12)6-4-10-5-11-6/h4-5,7,12H,1-3H3,(H,10,11). The third-order valence-electron chi connectivity index (χ3n) is 1.44. The monoisotopic (exact) mass is 198 g/mol. The molecule has 0 amide bonds. The molecule has 2 N–H and O–H groups in total. The predicted octanol–water partition coefficient (Wildman–Crippen LogP) is 0.785. The van der Waals surface area contributed by atoms with Crippen LogP contribution in [0, 0.1) is 0 Å². The smallest absolute Gasteiger partial charge is 0.341 e. The molecule has 0 aliphatic rings. The minimum Gasteiger partial charge on any atom is -0.458 e. The highest BCUT2D eigenvalue weighted by atomic mass is 16.6. The molecule has 5 heteroatoms. The Bertz CT molecular complexity index is 300. The van der Waals surface area contributed by atoms with Crippen molar-refractivity contribution in [2.24, 2.45) is 0 Å². The van der Waals surface area contributed by atoms with Gasteiger partial charge in [0.25, 0.3) is 0 Å². The van der Waals surface area contributed by atoms with Gasteiger partial charge < -0.3 is 14.8 Å². The molecular weight excluding hydrogens is 184 g/mol. The molecule has 1 atom stereocenters. The summed E-state index contributed by atoms with van der Waals surface area (Å²) in [6.45, 7) is 5.22. The lowest BCUT2D eigenvalue weighted by Gasteiger charge is -2.21. The summed E-state index contributed by atoms with van der Waals surface area (Å²) < 4.78 is 4.99. The molecular formula is C9H14N2O3. The number of aromatic amines is 1. The van der Waals surface area contributed by atoms with Gasteiger partial charge in [0.15, 0.2) is 6.10 Å². The predicted molar refractivity (Wildman–Crippen MR) is 49.4 cm³/mol. The van der Waals surface area contributed by atoms with Crippen LogP contribution in [0.4, 0.5) is 0 Å². The van der Waals surface area contributed by atoms with Crippen molar-refractivity contribution in [1.29, 1.82) is 0 Å². The van der Waals surface area contributed by atoms with Gasteiger partial charge in [-0.25, -0.2) is 9.78 Å². The first-order chi connectivity index (χ1) is 6.40. The maximum Gasteiger partial charge on any atom is 0.341 e. The third-order valence-corrected chi connectivity index (χ3v) is 1.44. The Morgan fingerprint density at radius 3 is 2.71 bits per heavy atom. The summed E-state index contributed by atoms with van der Waals surface area (Å²) in [5.41, 5.74) is -0.266. The van der Waals surface area contributed by atoms with Gasteiger partial charge in [0.05, 0.1) is 18.2 Å². The molecule has 0 aliphatic heterocycles. The maximum atomic E-state index is 11.3. The first-order valence-electron chi connectivity index (χ1n) is 4.29. The number of hydrogen-bond acceptors (Lipinski definition) is 4. The summed E-state index contributed by atoms with van der Waals surface area (Å²) in [4.78, 5) is 17.7. The average Bonchev–Trinajstić information content (AvgIpc) is 2.51. The Balaban J connectivity index is 2.63. The van der Waals surface area contributed by atoms with E-state index in [2.05, 4.69) is 9.97 Å². The number of H-pyrrole nitrogens is 1. The number of hydrogen-bond donors (Lipinski definition) is 2. The molecule has 78 valence electrons. The SMILES string of the molecule is CC(C)(C)OC(=O)C(O)c1cnc[nH]1. The highest BCUT2D eigenvalue weighted by Gasteiger charge is 2.25. The lowest BCUT2D eigenvalue weighted by molar-refractivity contribution is -0.165. The molecule has 0 saturated heterocycles. The van der Waals surface area contributed by atoms with Gasteiger partial charge in [0.2, 0.25) is 0 Å². The van der Waals surface area contributed by atoms with Crippen LogP contribution in [0.25, 0.3) is 0 Å². The highest BCUT2D eigenvalue weighted by Crippen LogP contribution is 2.15. The number of aliphatic hydroxyl groups excluding tert-OH is 1. The zero-order chi connectivity index (χ0) is 10.8. The Kier molecular flexibility index (Phi) is 2.90. The molecule has 0 aromatic carbocycles. The fourth-order valence-corrected chi connectivity index (χ4v) is 0.901. The molecule has 1 aromatic heterocycles. The van der Waals surface area contributed by atoms with E-state index < -0.39 is 17.7 Å². The van der Waals surface area contributed by atoms with E-state index in [1.807, 2.05) is 0 Å². The number of nitrogens with zero attached hydrogens (tertiary/aromatic N) is 1. The maximum absolute atomic E-state index is 11.3. The summed E-state index contributed by atoms with van der Waals surface area (Å²) in [6, 6.07) is 0. The number of imidazole rings is 1. The topological polar surface area (TPSA) is 75.2 Å². The lowest BCUT2D eigenvalue weighted by atomic mass is 10.2. The van der Waals surface area contributed by atoms with Crippen LogP contribution in [0.1, 0.15) is 32.6 Å². The first kappa shape index (κ1) is 10.7. The van der Waals surface area contributed by atoms with Crippen molar-refractivity contribution in [1.82, 2.24) is 9.97 Å². The van der Waals surface area contributed by atoms with Crippen LogP contribution in [0.3, 0.4) is 0 Å². The Morgan fingerprint density at radius 2 is 2.29 bits per heavy atom. The second kappa shape index (κ2) is 3.79. The van der Waals surface area contributed by atoms with Gasteiger partial charge in [-0.1, -0.05) is 0 Å². The molecule has 0 radical (unpaired) electrons. The first-order valence-corrected chi connectivity index (χ1v) is 4.29. The number of nitrogens with one attached hydrogen (secondary N) is 1.